The number of hydrogen-bond donors (Lipinski definition) is 1. The van der Waals surface area contributed by atoms with Crippen molar-refractivity contribution < 1.29 is 9.13 Å². The normalized spacial score (nSPS) is 17.2. The van der Waals surface area contributed by atoms with Crippen LogP contribution in [0, 0.1) is 6.08 Å². The molecule has 3 aromatic rings. The molecule has 1 aromatic carbocycles. The highest BCUT2D eigenvalue weighted by Crippen LogP contribution is 2.28. The lowest BCUT2D eigenvalue weighted by Crippen LogP contribution is -2.24. The van der Waals surface area contributed by atoms with Crippen LogP contribution in [0.3, 0.4) is 0 Å². The Hall–Kier alpha value is -2.06. The van der Waals surface area contributed by atoms with Crippen LogP contribution in [0.4, 0.5) is 10.2 Å². The van der Waals surface area contributed by atoms with Gasteiger partial charge in [-0.3, -0.25) is 4.57 Å². The molecule has 1 fully saturated rings. The van der Waals surface area contributed by atoms with E-state index in [1.165, 1.54) is 0 Å². The molecular formula is C15H13BrFN5O. The second-order valence-corrected chi connectivity index (χ2v) is 6.08. The molecule has 2 aromatic heterocycles. The molecule has 3 heterocycles. The molecule has 4 rings (SSSR count). The minimum atomic E-state index is -0.784. The second kappa shape index (κ2) is 5.86. The third-order valence-corrected chi connectivity index (χ3v) is 4.56. The molecule has 6 nitrogen and oxygen atoms in total. The predicted octanol–water partition coefficient (Wildman–Crippen LogP) is 3.26. The van der Waals surface area contributed by atoms with Gasteiger partial charge in [0.1, 0.15) is 6.23 Å². The number of rotatable bonds is 4. The molecule has 118 valence electrons. The van der Waals surface area contributed by atoms with Gasteiger partial charge in [-0.25, -0.2) is 4.98 Å². The number of anilines is 1. The molecule has 8 heteroatoms. The Bertz CT molecular complexity index is 864. The van der Waals surface area contributed by atoms with Crippen LogP contribution in [0.2, 0.25) is 0 Å². The number of benzene rings is 1. The van der Waals surface area contributed by atoms with Crippen LogP contribution in [0.15, 0.2) is 35.1 Å². The van der Waals surface area contributed by atoms with Gasteiger partial charge in [-0.05, 0) is 11.6 Å². The third kappa shape index (κ3) is 2.68. The van der Waals surface area contributed by atoms with E-state index < -0.39 is 6.08 Å². The molecule has 23 heavy (non-hydrogen) atoms. The van der Waals surface area contributed by atoms with E-state index in [2.05, 4.69) is 36.2 Å². The van der Waals surface area contributed by atoms with Gasteiger partial charge in [0.15, 0.2) is 17.0 Å². The van der Waals surface area contributed by atoms with Crippen molar-refractivity contribution in [2.75, 3.05) is 11.9 Å². The SMILES string of the molecule is Fc1nc(NCc2ccccc2Br)c2ncn(C3CCO3)c2n1. The molecule has 0 radical (unpaired) electrons. The fourth-order valence-electron chi connectivity index (χ4n) is 2.49. The zero-order valence-electron chi connectivity index (χ0n) is 12.0. The highest BCUT2D eigenvalue weighted by molar-refractivity contribution is 9.10. The molecule has 0 aliphatic carbocycles. The van der Waals surface area contributed by atoms with Crippen molar-refractivity contribution in [1.29, 1.82) is 0 Å². The Kier molecular flexibility index (Phi) is 3.70. The maximum atomic E-state index is 13.8. The van der Waals surface area contributed by atoms with Gasteiger partial charge in [-0.2, -0.15) is 14.4 Å². The molecule has 1 N–H and O–H groups in total. The van der Waals surface area contributed by atoms with Gasteiger partial charge in [-0.1, -0.05) is 34.1 Å². The Morgan fingerprint density at radius 2 is 2.17 bits per heavy atom. The van der Waals surface area contributed by atoms with Gasteiger partial charge < -0.3 is 10.1 Å². The summed E-state index contributed by atoms with van der Waals surface area (Å²) >= 11 is 3.49. The van der Waals surface area contributed by atoms with Crippen LogP contribution >= 0.6 is 15.9 Å². The summed E-state index contributed by atoms with van der Waals surface area (Å²) in [5.74, 6) is 0.376. The number of fused-ring (bicyclic) bond motifs is 1. The Morgan fingerprint density at radius 1 is 1.35 bits per heavy atom. The maximum Gasteiger partial charge on any atom is 0.312 e. The van der Waals surface area contributed by atoms with E-state index in [4.69, 9.17) is 4.74 Å². The Morgan fingerprint density at radius 3 is 2.91 bits per heavy atom. The number of nitrogens with zero attached hydrogens (tertiary/aromatic N) is 4. The summed E-state index contributed by atoms with van der Waals surface area (Å²) in [4.78, 5) is 12.0. The summed E-state index contributed by atoms with van der Waals surface area (Å²) in [6.07, 6.45) is 1.59. The number of aromatic nitrogens is 4. The lowest BCUT2D eigenvalue weighted by molar-refractivity contribution is -0.0974. The topological polar surface area (TPSA) is 64.9 Å². The van der Waals surface area contributed by atoms with Gasteiger partial charge in [0.05, 0.1) is 12.9 Å². The molecule has 1 aliphatic rings. The van der Waals surface area contributed by atoms with E-state index in [0.717, 1.165) is 16.5 Å². The van der Waals surface area contributed by atoms with Crippen LogP contribution in [0.1, 0.15) is 18.2 Å². The zero-order chi connectivity index (χ0) is 15.8. The summed E-state index contributed by atoms with van der Waals surface area (Å²) in [5, 5.41) is 3.14. The van der Waals surface area contributed by atoms with E-state index in [0.29, 0.717) is 30.1 Å². The average molecular weight is 378 g/mol. The molecule has 1 aliphatic heterocycles. The smallest absolute Gasteiger partial charge is 0.312 e. The quantitative estimate of drug-likeness (QED) is 0.706. The minimum absolute atomic E-state index is 0.120. The fourth-order valence-corrected chi connectivity index (χ4v) is 2.91. The Balaban J connectivity index is 1.67. The summed E-state index contributed by atoms with van der Waals surface area (Å²) in [5.41, 5.74) is 2.02. The van der Waals surface area contributed by atoms with E-state index in [1.54, 1.807) is 10.9 Å². The molecule has 0 bridgehead atoms. The van der Waals surface area contributed by atoms with Crippen molar-refractivity contribution in [1.82, 2.24) is 19.5 Å². The second-order valence-electron chi connectivity index (χ2n) is 5.22. The van der Waals surface area contributed by atoms with E-state index in [1.807, 2.05) is 24.3 Å². The maximum absolute atomic E-state index is 13.8. The van der Waals surface area contributed by atoms with E-state index in [9.17, 15) is 4.39 Å². The lowest BCUT2D eigenvalue weighted by Gasteiger charge is -2.27. The number of hydrogen-bond acceptors (Lipinski definition) is 5. The van der Waals surface area contributed by atoms with Crippen molar-refractivity contribution in [3.63, 3.8) is 0 Å². The largest absolute Gasteiger partial charge is 0.364 e. The summed E-state index contributed by atoms with van der Waals surface area (Å²) < 4.78 is 21.9. The van der Waals surface area contributed by atoms with Gasteiger partial charge in [-0.15, -0.1) is 0 Å². The highest BCUT2D eigenvalue weighted by Gasteiger charge is 2.24. The standard InChI is InChI=1S/C15H13BrFN5O/c16-10-4-2-1-3-9(10)7-18-13-12-14(21-15(17)20-13)22(8-19-12)11-5-6-23-11/h1-4,8,11H,5-7H2,(H,18,20,21). The third-order valence-electron chi connectivity index (χ3n) is 3.78. The fraction of sp³-hybridized carbons (Fsp3) is 0.267. The molecular weight excluding hydrogens is 365 g/mol. The van der Waals surface area contributed by atoms with Crippen molar-refractivity contribution in [3.05, 3.63) is 46.7 Å². The van der Waals surface area contributed by atoms with Crippen molar-refractivity contribution in [2.45, 2.75) is 19.2 Å². The Labute approximate surface area is 139 Å². The van der Waals surface area contributed by atoms with Gasteiger partial charge >= 0.3 is 6.08 Å². The van der Waals surface area contributed by atoms with Gasteiger partial charge in [0, 0.05) is 17.4 Å². The van der Waals surface area contributed by atoms with Crippen LogP contribution < -0.4 is 5.32 Å². The van der Waals surface area contributed by atoms with Crippen molar-refractivity contribution in [3.8, 4) is 0 Å². The molecule has 1 atom stereocenters. The van der Waals surface area contributed by atoms with E-state index >= 15 is 0 Å². The molecule has 1 saturated heterocycles. The number of imidazole rings is 1. The first-order chi connectivity index (χ1) is 11.2. The summed E-state index contributed by atoms with van der Waals surface area (Å²) in [6, 6.07) is 7.82. The first-order valence-electron chi connectivity index (χ1n) is 7.21. The van der Waals surface area contributed by atoms with Gasteiger partial charge in [0.25, 0.3) is 0 Å². The van der Waals surface area contributed by atoms with Gasteiger partial charge in [0.2, 0.25) is 0 Å². The van der Waals surface area contributed by atoms with Crippen LogP contribution in [0.25, 0.3) is 11.2 Å². The van der Waals surface area contributed by atoms with Crippen LogP contribution in [0.5, 0.6) is 0 Å². The minimum Gasteiger partial charge on any atom is -0.364 e. The number of nitrogens with one attached hydrogen (secondary N) is 1. The summed E-state index contributed by atoms with van der Waals surface area (Å²) in [6.45, 7) is 1.20. The van der Waals surface area contributed by atoms with Crippen LogP contribution in [-0.2, 0) is 11.3 Å². The number of halogens is 2. The average Bonchev–Trinajstić information content (AvgIpc) is 2.88. The van der Waals surface area contributed by atoms with Crippen molar-refractivity contribution >= 4 is 32.9 Å². The summed E-state index contributed by atoms with van der Waals surface area (Å²) in [7, 11) is 0. The molecule has 0 spiro atoms. The first kappa shape index (κ1) is 14.5. The highest BCUT2D eigenvalue weighted by atomic mass is 79.9. The lowest BCUT2D eigenvalue weighted by atomic mass is 10.2. The molecule has 0 saturated carbocycles. The van der Waals surface area contributed by atoms with Crippen LogP contribution in [-0.4, -0.2) is 26.1 Å². The number of ether oxygens (including phenoxy) is 1. The monoisotopic (exact) mass is 377 g/mol. The van der Waals surface area contributed by atoms with E-state index in [-0.39, 0.29) is 6.23 Å². The first-order valence-corrected chi connectivity index (χ1v) is 8.00. The zero-order valence-corrected chi connectivity index (χ0v) is 13.6. The molecule has 1 unspecified atom stereocenters. The predicted molar refractivity (Wildman–Crippen MR) is 86.4 cm³/mol. The molecule has 0 amide bonds. The van der Waals surface area contributed by atoms with Crippen molar-refractivity contribution in [2.24, 2.45) is 0 Å².